The maximum absolute atomic E-state index is 12.3. The minimum absolute atomic E-state index is 0.0711. The molecule has 3 nitrogen and oxygen atoms in total. The van der Waals surface area contributed by atoms with Crippen LogP contribution in [0.1, 0.15) is 30.9 Å². The summed E-state index contributed by atoms with van der Waals surface area (Å²) in [4.78, 5) is 12.3. The zero-order chi connectivity index (χ0) is 17.4. The second kappa shape index (κ2) is 9.33. The highest BCUT2D eigenvalue weighted by molar-refractivity contribution is 6.31. The first-order chi connectivity index (χ1) is 11.6. The lowest BCUT2D eigenvalue weighted by molar-refractivity contribution is -0.128. The first kappa shape index (κ1) is 18.3. The number of benzene rings is 2. The molecule has 0 unspecified atom stereocenters. The summed E-state index contributed by atoms with van der Waals surface area (Å²) in [6, 6.07) is 15.7. The minimum atomic E-state index is -0.484. The maximum atomic E-state index is 12.3. The van der Waals surface area contributed by atoms with Crippen LogP contribution in [0.4, 0.5) is 0 Å². The Morgan fingerprint density at radius 3 is 2.62 bits per heavy atom. The summed E-state index contributed by atoms with van der Waals surface area (Å²) in [6.45, 7) is 4.50. The molecule has 0 heterocycles. The Morgan fingerprint density at radius 1 is 1.21 bits per heavy atom. The highest BCUT2D eigenvalue weighted by atomic mass is 35.5. The van der Waals surface area contributed by atoms with Crippen LogP contribution >= 0.6 is 11.6 Å². The summed E-state index contributed by atoms with van der Waals surface area (Å²) < 4.78 is 5.81. The van der Waals surface area contributed by atoms with E-state index in [-0.39, 0.29) is 5.91 Å². The van der Waals surface area contributed by atoms with Crippen molar-refractivity contribution in [3.8, 4) is 5.75 Å². The third kappa shape index (κ3) is 5.57. The van der Waals surface area contributed by atoms with Gasteiger partial charge in [-0.25, -0.2) is 0 Å². The molecule has 0 saturated heterocycles. The fourth-order valence-electron chi connectivity index (χ4n) is 2.44. The lowest BCUT2D eigenvalue weighted by atomic mass is 10.1. The topological polar surface area (TPSA) is 38.3 Å². The van der Waals surface area contributed by atoms with E-state index in [1.807, 2.05) is 38.1 Å². The predicted molar refractivity (Wildman–Crippen MR) is 98.7 cm³/mol. The summed E-state index contributed by atoms with van der Waals surface area (Å²) in [6.07, 6.45) is 2.00. The third-order valence-corrected chi connectivity index (χ3v) is 4.28. The lowest BCUT2D eigenvalue weighted by Gasteiger charge is -2.18. The molecule has 4 heteroatoms. The van der Waals surface area contributed by atoms with Crippen LogP contribution in [0.5, 0.6) is 5.75 Å². The Bertz CT molecular complexity index is 658. The molecule has 0 aromatic heterocycles. The average Bonchev–Trinajstić information content (AvgIpc) is 2.60. The van der Waals surface area contributed by atoms with Gasteiger partial charge in [-0.05, 0) is 55.5 Å². The van der Waals surface area contributed by atoms with Crippen molar-refractivity contribution >= 4 is 17.5 Å². The van der Waals surface area contributed by atoms with Gasteiger partial charge in [0.05, 0.1) is 0 Å². The number of nitrogens with one attached hydrogen (secondary N) is 1. The van der Waals surface area contributed by atoms with E-state index >= 15 is 0 Å². The molecular weight excluding hydrogens is 322 g/mol. The van der Waals surface area contributed by atoms with Gasteiger partial charge < -0.3 is 10.1 Å². The average molecular weight is 346 g/mol. The number of amides is 1. The van der Waals surface area contributed by atoms with Gasteiger partial charge in [-0.1, -0.05) is 48.9 Å². The van der Waals surface area contributed by atoms with Crippen molar-refractivity contribution in [2.24, 2.45) is 0 Å². The van der Waals surface area contributed by atoms with Crippen molar-refractivity contribution in [1.29, 1.82) is 0 Å². The van der Waals surface area contributed by atoms with Gasteiger partial charge in [0.2, 0.25) is 0 Å². The van der Waals surface area contributed by atoms with Crippen LogP contribution in [0.15, 0.2) is 48.5 Å². The fourth-order valence-corrected chi connectivity index (χ4v) is 2.56. The van der Waals surface area contributed by atoms with Crippen molar-refractivity contribution < 1.29 is 9.53 Å². The quantitative estimate of drug-likeness (QED) is 0.712. The molecule has 0 aliphatic heterocycles. The van der Waals surface area contributed by atoms with Crippen LogP contribution in [0.2, 0.25) is 5.02 Å². The smallest absolute Gasteiger partial charge is 0.261 e. The van der Waals surface area contributed by atoms with Crippen molar-refractivity contribution in [3.63, 3.8) is 0 Å². The lowest BCUT2D eigenvalue weighted by Crippen LogP contribution is -2.38. The van der Waals surface area contributed by atoms with Crippen LogP contribution in [0.3, 0.4) is 0 Å². The van der Waals surface area contributed by atoms with Crippen LogP contribution < -0.4 is 10.1 Å². The third-order valence-electron chi connectivity index (χ3n) is 3.86. The second-order valence-electron chi connectivity index (χ2n) is 5.81. The summed E-state index contributed by atoms with van der Waals surface area (Å²) in [7, 11) is 0. The van der Waals surface area contributed by atoms with E-state index in [1.54, 1.807) is 12.1 Å². The molecule has 2 rings (SSSR count). The number of ether oxygens (including phenoxy) is 1. The number of carbonyl (C=O) groups is 1. The van der Waals surface area contributed by atoms with Gasteiger partial charge >= 0.3 is 0 Å². The van der Waals surface area contributed by atoms with Crippen molar-refractivity contribution in [3.05, 3.63) is 64.7 Å². The summed E-state index contributed by atoms with van der Waals surface area (Å²) >= 11 is 6.01. The van der Waals surface area contributed by atoms with Crippen molar-refractivity contribution in [2.45, 2.75) is 39.2 Å². The molecular formula is C20H24ClNO2. The van der Waals surface area contributed by atoms with E-state index < -0.39 is 6.10 Å². The molecule has 0 spiro atoms. The number of aryl methyl sites for hydroxylation is 2. The van der Waals surface area contributed by atoms with Crippen LogP contribution in [-0.4, -0.2) is 18.6 Å². The normalized spacial score (nSPS) is 11.8. The second-order valence-corrected chi connectivity index (χ2v) is 6.21. The molecule has 2 aromatic rings. The molecule has 0 radical (unpaired) electrons. The number of carbonyl (C=O) groups excluding carboxylic acids is 1. The number of hydrogen-bond acceptors (Lipinski definition) is 2. The molecule has 0 bridgehead atoms. The Labute approximate surface area is 149 Å². The Kier molecular flexibility index (Phi) is 7.13. The van der Waals surface area contributed by atoms with E-state index in [1.165, 1.54) is 5.56 Å². The highest BCUT2D eigenvalue weighted by Gasteiger charge is 2.18. The van der Waals surface area contributed by atoms with E-state index in [2.05, 4.69) is 17.4 Å². The summed E-state index contributed by atoms with van der Waals surface area (Å²) in [5.74, 6) is 0.598. The maximum Gasteiger partial charge on any atom is 0.261 e. The van der Waals surface area contributed by atoms with E-state index in [0.29, 0.717) is 23.7 Å². The van der Waals surface area contributed by atoms with Gasteiger partial charge in [-0.2, -0.15) is 0 Å². The highest BCUT2D eigenvalue weighted by Crippen LogP contribution is 2.22. The fraction of sp³-hybridized carbons (Fsp3) is 0.350. The van der Waals surface area contributed by atoms with Gasteiger partial charge in [-0.15, -0.1) is 0 Å². The van der Waals surface area contributed by atoms with Crippen molar-refractivity contribution in [2.75, 3.05) is 6.54 Å². The van der Waals surface area contributed by atoms with Gasteiger partial charge in [0, 0.05) is 11.6 Å². The molecule has 2 aromatic carbocycles. The van der Waals surface area contributed by atoms with Gasteiger partial charge in [0.15, 0.2) is 6.10 Å². The standard InChI is InChI=1S/C20H24ClNO2/c1-3-19(24-17-11-12-18(21)15(2)14-17)20(23)22-13-7-10-16-8-5-4-6-9-16/h4-6,8-9,11-12,14,19H,3,7,10,13H2,1-2H3,(H,22,23)/t19-/m1/s1. The number of rotatable bonds is 8. The molecule has 0 fully saturated rings. The molecule has 0 aliphatic rings. The van der Waals surface area contributed by atoms with Gasteiger partial charge in [-0.3, -0.25) is 4.79 Å². The van der Waals surface area contributed by atoms with Crippen LogP contribution in [0.25, 0.3) is 0 Å². The zero-order valence-corrected chi connectivity index (χ0v) is 15.0. The zero-order valence-electron chi connectivity index (χ0n) is 14.2. The molecule has 24 heavy (non-hydrogen) atoms. The molecule has 0 saturated carbocycles. The monoisotopic (exact) mass is 345 g/mol. The first-order valence-corrected chi connectivity index (χ1v) is 8.72. The SMILES string of the molecule is CC[C@@H](Oc1ccc(Cl)c(C)c1)C(=O)NCCCc1ccccc1. The Balaban J connectivity index is 1.79. The van der Waals surface area contributed by atoms with Crippen LogP contribution in [0, 0.1) is 6.92 Å². The van der Waals surface area contributed by atoms with Gasteiger partial charge in [0.25, 0.3) is 5.91 Å². The predicted octanol–water partition coefficient (Wildman–Crippen LogP) is 4.55. The van der Waals surface area contributed by atoms with E-state index in [0.717, 1.165) is 18.4 Å². The molecule has 0 aliphatic carbocycles. The van der Waals surface area contributed by atoms with Gasteiger partial charge in [0.1, 0.15) is 5.75 Å². The minimum Gasteiger partial charge on any atom is -0.481 e. The summed E-state index contributed by atoms with van der Waals surface area (Å²) in [5.41, 5.74) is 2.22. The molecule has 1 amide bonds. The molecule has 1 atom stereocenters. The largest absolute Gasteiger partial charge is 0.481 e. The molecule has 128 valence electrons. The number of hydrogen-bond donors (Lipinski definition) is 1. The number of halogens is 1. The molecule has 1 N–H and O–H groups in total. The van der Waals surface area contributed by atoms with Crippen LogP contribution in [-0.2, 0) is 11.2 Å². The first-order valence-electron chi connectivity index (χ1n) is 8.34. The summed E-state index contributed by atoms with van der Waals surface area (Å²) in [5, 5.41) is 3.66. The Morgan fingerprint density at radius 2 is 1.96 bits per heavy atom. The Hall–Kier alpha value is -2.00. The van der Waals surface area contributed by atoms with Crippen molar-refractivity contribution in [1.82, 2.24) is 5.32 Å². The van der Waals surface area contributed by atoms with E-state index in [9.17, 15) is 4.79 Å². The van der Waals surface area contributed by atoms with E-state index in [4.69, 9.17) is 16.3 Å².